The highest BCUT2D eigenvalue weighted by Gasteiger charge is 2.54. The Morgan fingerprint density at radius 2 is 1.92 bits per heavy atom. The van der Waals surface area contributed by atoms with Crippen molar-refractivity contribution in [2.75, 3.05) is 39.2 Å². The molecular formula is C28H32N5O4S-. The van der Waals surface area contributed by atoms with Crippen molar-refractivity contribution in [2.24, 2.45) is 0 Å². The summed E-state index contributed by atoms with van der Waals surface area (Å²) in [5.74, 6) is 0.623. The van der Waals surface area contributed by atoms with Gasteiger partial charge in [-0.25, -0.2) is 9.71 Å². The van der Waals surface area contributed by atoms with Crippen LogP contribution in [0, 0.1) is 0 Å². The number of fused-ring (bicyclic) bond motifs is 4. The lowest BCUT2D eigenvalue weighted by molar-refractivity contribution is -0.125. The minimum Gasteiger partial charge on any atom is -0.760 e. The van der Waals surface area contributed by atoms with Gasteiger partial charge in [-0.05, 0) is 70.0 Å². The first-order valence-electron chi connectivity index (χ1n) is 13.1. The van der Waals surface area contributed by atoms with Crippen LogP contribution in [-0.4, -0.2) is 63.8 Å². The number of pyridine rings is 2. The second kappa shape index (κ2) is 9.37. The lowest BCUT2D eigenvalue weighted by atomic mass is 9.64. The topological polar surface area (TPSA) is 111 Å². The van der Waals surface area contributed by atoms with Crippen molar-refractivity contribution >= 4 is 33.8 Å². The Morgan fingerprint density at radius 3 is 2.58 bits per heavy atom. The number of aromatic nitrogens is 2. The lowest BCUT2D eigenvalue weighted by Gasteiger charge is -2.37. The van der Waals surface area contributed by atoms with Crippen LogP contribution in [0.15, 0.2) is 36.7 Å². The highest BCUT2D eigenvalue weighted by molar-refractivity contribution is 7.77. The Kier molecular flexibility index (Phi) is 6.26. The summed E-state index contributed by atoms with van der Waals surface area (Å²) in [6.45, 7) is 1.38. The molecular weight excluding hydrogens is 502 g/mol. The van der Waals surface area contributed by atoms with E-state index in [1.165, 1.54) is 0 Å². The number of anilines is 1. The minimum atomic E-state index is -2.41. The van der Waals surface area contributed by atoms with Gasteiger partial charge in [0.15, 0.2) is 0 Å². The summed E-state index contributed by atoms with van der Waals surface area (Å²) in [5.41, 5.74) is 4.25. The predicted octanol–water partition coefficient (Wildman–Crippen LogP) is 3.40. The Labute approximate surface area is 225 Å². The van der Waals surface area contributed by atoms with Crippen LogP contribution in [0.5, 0.6) is 5.88 Å². The second-order valence-corrected chi connectivity index (χ2v) is 11.7. The fourth-order valence-corrected chi connectivity index (χ4v) is 6.61. The van der Waals surface area contributed by atoms with Gasteiger partial charge in [0.05, 0.1) is 35.0 Å². The standard InChI is InChI=1S/C28H33N5O4S/c1-32(2)12-5-13-37-25-21(28(10-11-28)31-38(35)36)15-19(16-30-25)18-6-7-22-20(14-18)24-23(17-29-22)33(3)26(34)27(24)8-4-9-27/h6-7,14-17,31H,4-5,8-13H2,1-3H3,(H,35,36)/p-1. The van der Waals surface area contributed by atoms with Crippen LogP contribution in [-0.2, 0) is 27.0 Å². The van der Waals surface area contributed by atoms with Crippen LogP contribution in [0.25, 0.3) is 22.0 Å². The Morgan fingerprint density at radius 1 is 1.13 bits per heavy atom. The van der Waals surface area contributed by atoms with Gasteiger partial charge < -0.3 is 19.1 Å². The van der Waals surface area contributed by atoms with Crippen LogP contribution < -0.4 is 14.4 Å². The number of ether oxygens (including phenoxy) is 1. The Hall–Kier alpha value is -2.92. The molecule has 1 N–H and O–H groups in total. The third-order valence-electron chi connectivity index (χ3n) is 8.33. The fourth-order valence-electron chi connectivity index (χ4n) is 5.98. The molecule has 3 aliphatic rings. The van der Waals surface area contributed by atoms with E-state index >= 15 is 0 Å². The first-order chi connectivity index (χ1) is 18.2. The minimum absolute atomic E-state index is 0.158. The van der Waals surface area contributed by atoms with Gasteiger partial charge in [0.1, 0.15) is 0 Å². The first-order valence-corrected chi connectivity index (χ1v) is 14.2. The number of nitrogens with one attached hydrogen (secondary N) is 1. The van der Waals surface area contributed by atoms with Crippen LogP contribution in [0.1, 0.15) is 49.7 Å². The van der Waals surface area contributed by atoms with E-state index in [2.05, 4.69) is 25.7 Å². The number of carbonyl (C=O) groups excluding carboxylic acids is 1. The molecule has 10 heteroatoms. The molecule has 1 aliphatic heterocycles. The lowest BCUT2D eigenvalue weighted by Crippen LogP contribution is -2.43. The van der Waals surface area contributed by atoms with E-state index < -0.39 is 22.2 Å². The van der Waals surface area contributed by atoms with Gasteiger partial charge in [0.2, 0.25) is 11.8 Å². The normalized spacial score (nSPS) is 19.6. The van der Waals surface area contributed by atoms with E-state index in [1.807, 2.05) is 45.5 Å². The molecule has 1 amide bonds. The van der Waals surface area contributed by atoms with E-state index in [-0.39, 0.29) is 5.91 Å². The van der Waals surface area contributed by atoms with Gasteiger partial charge in [0, 0.05) is 53.1 Å². The quantitative estimate of drug-likeness (QED) is 0.331. The van der Waals surface area contributed by atoms with Crippen molar-refractivity contribution in [3.63, 3.8) is 0 Å². The van der Waals surface area contributed by atoms with Gasteiger partial charge in [0.25, 0.3) is 0 Å². The molecule has 1 spiro atoms. The SMILES string of the molecule is CN(C)CCCOc1ncc(-c2ccc3ncc4c(c3c2)C2(CCC2)C(=O)N4C)cc1C1(NS(=O)[O-])CC1. The maximum Gasteiger partial charge on any atom is 0.237 e. The van der Waals surface area contributed by atoms with E-state index in [1.54, 1.807) is 11.1 Å². The predicted molar refractivity (Wildman–Crippen MR) is 146 cm³/mol. The molecule has 0 bridgehead atoms. The molecule has 3 heterocycles. The van der Waals surface area contributed by atoms with E-state index in [4.69, 9.17) is 4.74 Å². The van der Waals surface area contributed by atoms with E-state index in [0.29, 0.717) is 25.3 Å². The highest BCUT2D eigenvalue weighted by atomic mass is 32.2. The summed E-state index contributed by atoms with van der Waals surface area (Å²) in [4.78, 5) is 26.4. The molecule has 9 nitrogen and oxygen atoms in total. The van der Waals surface area contributed by atoms with Gasteiger partial charge >= 0.3 is 0 Å². The van der Waals surface area contributed by atoms with Gasteiger partial charge in [-0.2, -0.15) is 0 Å². The van der Waals surface area contributed by atoms with E-state index in [9.17, 15) is 13.6 Å². The van der Waals surface area contributed by atoms with Crippen molar-refractivity contribution in [3.8, 4) is 17.0 Å². The zero-order valence-corrected chi connectivity index (χ0v) is 22.8. The number of benzene rings is 1. The molecule has 2 aromatic heterocycles. The monoisotopic (exact) mass is 534 g/mol. The van der Waals surface area contributed by atoms with Crippen molar-refractivity contribution < 1.29 is 18.3 Å². The van der Waals surface area contributed by atoms with Crippen LogP contribution >= 0.6 is 0 Å². The molecule has 2 saturated carbocycles. The summed E-state index contributed by atoms with van der Waals surface area (Å²) in [7, 11) is 5.86. The third-order valence-corrected chi connectivity index (χ3v) is 8.88. The Bertz CT molecular complexity index is 1450. The molecule has 1 aromatic carbocycles. The largest absolute Gasteiger partial charge is 0.760 e. The zero-order chi connectivity index (χ0) is 26.7. The third kappa shape index (κ3) is 4.10. The Balaban J connectivity index is 1.41. The van der Waals surface area contributed by atoms with Crippen molar-refractivity contribution in [2.45, 2.75) is 49.5 Å². The first kappa shape index (κ1) is 25.4. The number of hydrogen-bond acceptors (Lipinski definition) is 7. The number of amides is 1. The smallest absolute Gasteiger partial charge is 0.237 e. The summed E-state index contributed by atoms with van der Waals surface area (Å²) >= 11 is -2.41. The maximum absolute atomic E-state index is 13.2. The van der Waals surface area contributed by atoms with Gasteiger partial charge in [-0.1, -0.05) is 12.5 Å². The van der Waals surface area contributed by atoms with Gasteiger partial charge in [-0.3, -0.25) is 14.0 Å². The number of likely N-dealkylation sites (N-methyl/N-ethyl adjacent to an activating group) is 1. The molecule has 38 heavy (non-hydrogen) atoms. The molecule has 1 atom stereocenters. The van der Waals surface area contributed by atoms with Crippen LogP contribution in [0.4, 0.5) is 5.69 Å². The average molecular weight is 535 g/mol. The van der Waals surface area contributed by atoms with Crippen molar-refractivity contribution in [1.29, 1.82) is 0 Å². The molecule has 1 unspecified atom stereocenters. The summed E-state index contributed by atoms with van der Waals surface area (Å²) in [6, 6.07) is 8.09. The molecule has 0 radical (unpaired) electrons. The second-order valence-electron chi connectivity index (χ2n) is 11.1. The number of nitrogens with zero attached hydrogens (tertiary/aromatic N) is 4. The summed E-state index contributed by atoms with van der Waals surface area (Å²) < 4.78 is 32.0. The average Bonchev–Trinajstić information content (AvgIpc) is 3.59. The number of carbonyl (C=O) groups is 1. The van der Waals surface area contributed by atoms with Crippen molar-refractivity contribution in [1.82, 2.24) is 19.6 Å². The van der Waals surface area contributed by atoms with Crippen molar-refractivity contribution in [3.05, 3.63) is 47.8 Å². The zero-order valence-electron chi connectivity index (χ0n) is 22.0. The number of hydrogen-bond donors (Lipinski definition) is 1. The van der Waals surface area contributed by atoms with E-state index in [0.717, 1.165) is 71.1 Å². The molecule has 2 aliphatic carbocycles. The molecule has 0 saturated heterocycles. The molecule has 6 rings (SSSR count). The maximum atomic E-state index is 13.2. The van der Waals surface area contributed by atoms with Gasteiger partial charge in [-0.15, -0.1) is 0 Å². The molecule has 2 fully saturated rings. The molecule has 200 valence electrons. The molecule has 3 aromatic rings. The summed E-state index contributed by atoms with van der Waals surface area (Å²) in [5, 5.41) is 0.989. The highest BCUT2D eigenvalue weighted by Crippen LogP contribution is 2.55. The van der Waals surface area contributed by atoms with Crippen LogP contribution in [0.2, 0.25) is 0 Å². The fraction of sp³-hybridized carbons (Fsp3) is 0.464. The van der Waals surface area contributed by atoms with Crippen LogP contribution in [0.3, 0.4) is 0 Å². The summed E-state index contributed by atoms with van der Waals surface area (Å²) in [6.07, 6.45) is 8.57. The number of rotatable bonds is 9.